The molecule has 0 radical (unpaired) electrons. The molecular formula is C12H18ClNO2. The molecule has 1 rings (SSSR count). The minimum Gasteiger partial charge on any atom is -0.496 e. The first kappa shape index (κ1) is 13.3. The number of benzene rings is 1. The summed E-state index contributed by atoms with van der Waals surface area (Å²) in [6.45, 7) is 4.73. The number of nitrogens with one attached hydrogen (secondary N) is 1. The molecule has 4 heteroatoms. The molecule has 3 nitrogen and oxygen atoms in total. The normalized spacial score (nSPS) is 12.6. The smallest absolute Gasteiger partial charge is 0.126 e. The first-order chi connectivity index (χ1) is 7.63. The van der Waals surface area contributed by atoms with Crippen LogP contribution in [-0.2, 0) is 0 Å². The second-order valence-corrected chi connectivity index (χ2v) is 4.07. The molecule has 0 aliphatic heterocycles. The van der Waals surface area contributed by atoms with Gasteiger partial charge in [-0.25, -0.2) is 0 Å². The van der Waals surface area contributed by atoms with Crippen LogP contribution in [0.5, 0.6) is 5.75 Å². The minimum absolute atomic E-state index is 0.0178. The monoisotopic (exact) mass is 243 g/mol. The zero-order valence-corrected chi connectivity index (χ0v) is 10.6. The number of rotatable bonds is 5. The lowest BCUT2D eigenvalue weighted by Crippen LogP contribution is -2.24. The van der Waals surface area contributed by atoms with Crippen LogP contribution in [0.4, 0.5) is 0 Å². The molecule has 90 valence electrons. The molecule has 1 unspecified atom stereocenters. The Hall–Kier alpha value is -0.770. The topological polar surface area (TPSA) is 41.5 Å². The average molecular weight is 244 g/mol. The summed E-state index contributed by atoms with van der Waals surface area (Å²) in [6, 6.07) is 3.54. The van der Waals surface area contributed by atoms with E-state index in [-0.39, 0.29) is 12.6 Å². The van der Waals surface area contributed by atoms with Gasteiger partial charge in [0.2, 0.25) is 0 Å². The summed E-state index contributed by atoms with van der Waals surface area (Å²) in [5.41, 5.74) is 1.87. The fourth-order valence-electron chi connectivity index (χ4n) is 1.81. The summed E-state index contributed by atoms with van der Waals surface area (Å²) in [7, 11) is 1.63. The number of methoxy groups -OCH3 is 1. The van der Waals surface area contributed by atoms with Crippen molar-refractivity contribution in [2.75, 3.05) is 20.3 Å². The third-order valence-electron chi connectivity index (χ3n) is 2.48. The summed E-state index contributed by atoms with van der Waals surface area (Å²) >= 11 is 6.02. The van der Waals surface area contributed by atoms with Gasteiger partial charge in [-0.05, 0) is 31.2 Å². The lowest BCUT2D eigenvalue weighted by molar-refractivity contribution is 0.243. The number of aliphatic hydroxyl groups is 1. The molecule has 0 heterocycles. The van der Waals surface area contributed by atoms with Crippen LogP contribution >= 0.6 is 11.6 Å². The zero-order chi connectivity index (χ0) is 12.1. The molecule has 0 saturated carbocycles. The van der Waals surface area contributed by atoms with Gasteiger partial charge in [-0.15, -0.1) is 0 Å². The Labute approximate surface area is 101 Å². The van der Waals surface area contributed by atoms with E-state index in [9.17, 15) is 5.11 Å². The lowest BCUT2D eigenvalue weighted by Gasteiger charge is -2.20. The molecule has 16 heavy (non-hydrogen) atoms. The molecule has 2 N–H and O–H groups in total. The van der Waals surface area contributed by atoms with Crippen LogP contribution in [0.15, 0.2) is 12.1 Å². The molecule has 0 aliphatic rings. The van der Waals surface area contributed by atoms with Gasteiger partial charge in [-0.1, -0.05) is 18.5 Å². The standard InChI is InChI=1S/C12H18ClNO2/c1-4-14-11(7-15)10-6-9(13)5-8(2)12(10)16-3/h5-6,11,14-15H,4,7H2,1-3H3. The highest BCUT2D eigenvalue weighted by Crippen LogP contribution is 2.31. The maximum atomic E-state index is 9.35. The highest BCUT2D eigenvalue weighted by atomic mass is 35.5. The van der Waals surface area contributed by atoms with E-state index < -0.39 is 0 Å². The summed E-state index contributed by atoms with van der Waals surface area (Å²) in [5, 5.41) is 13.2. The van der Waals surface area contributed by atoms with Crippen molar-refractivity contribution in [1.29, 1.82) is 0 Å². The van der Waals surface area contributed by atoms with Crippen LogP contribution in [0.1, 0.15) is 24.1 Å². The van der Waals surface area contributed by atoms with Gasteiger partial charge < -0.3 is 15.2 Å². The Bertz CT molecular complexity index is 355. The molecule has 1 aromatic carbocycles. The van der Waals surface area contributed by atoms with E-state index in [1.54, 1.807) is 7.11 Å². The van der Waals surface area contributed by atoms with Gasteiger partial charge in [-0.2, -0.15) is 0 Å². The van der Waals surface area contributed by atoms with E-state index >= 15 is 0 Å². The number of aryl methyl sites for hydroxylation is 1. The number of hydrogen-bond acceptors (Lipinski definition) is 3. The molecule has 1 aromatic rings. The van der Waals surface area contributed by atoms with Crippen molar-refractivity contribution in [3.05, 3.63) is 28.3 Å². The largest absolute Gasteiger partial charge is 0.496 e. The Morgan fingerprint density at radius 3 is 2.69 bits per heavy atom. The van der Waals surface area contributed by atoms with Crippen molar-refractivity contribution in [2.24, 2.45) is 0 Å². The van der Waals surface area contributed by atoms with Crippen molar-refractivity contribution in [1.82, 2.24) is 5.32 Å². The first-order valence-corrected chi connectivity index (χ1v) is 5.70. The number of likely N-dealkylation sites (N-methyl/N-ethyl adjacent to an activating group) is 1. The van der Waals surface area contributed by atoms with Crippen molar-refractivity contribution in [3.8, 4) is 5.75 Å². The fourth-order valence-corrected chi connectivity index (χ4v) is 2.09. The SMILES string of the molecule is CCNC(CO)c1cc(Cl)cc(C)c1OC. The maximum Gasteiger partial charge on any atom is 0.126 e. The van der Waals surface area contributed by atoms with E-state index in [1.807, 2.05) is 26.0 Å². The maximum absolute atomic E-state index is 9.35. The predicted molar refractivity (Wildman–Crippen MR) is 66.2 cm³/mol. The first-order valence-electron chi connectivity index (χ1n) is 5.32. The molecule has 0 saturated heterocycles. The zero-order valence-electron chi connectivity index (χ0n) is 9.88. The van der Waals surface area contributed by atoms with E-state index in [4.69, 9.17) is 16.3 Å². The van der Waals surface area contributed by atoms with Crippen LogP contribution in [0, 0.1) is 6.92 Å². The molecule has 0 aromatic heterocycles. The number of ether oxygens (including phenoxy) is 1. The molecule has 0 bridgehead atoms. The molecule has 1 atom stereocenters. The van der Waals surface area contributed by atoms with E-state index in [0.717, 1.165) is 23.4 Å². The van der Waals surface area contributed by atoms with Crippen LogP contribution in [0.2, 0.25) is 5.02 Å². The molecule has 0 aliphatic carbocycles. The van der Waals surface area contributed by atoms with Crippen molar-refractivity contribution < 1.29 is 9.84 Å². The quantitative estimate of drug-likeness (QED) is 0.834. The highest BCUT2D eigenvalue weighted by Gasteiger charge is 2.16. The molecule has 0 amide bonds. The summed E-state index contributed by atoms with van der Waals surface area (Å²) in [4.78, 5) is 0. The van der Waals surface area contributed by atoms with E-state index in [0.29, 0.717) is 5.02 Å². The Balaban J connectivity index is 3.17. The van der Waals surface area contributed by atoms with Crippen molar-refractivity contribution in [3.63, 3.8) is 0 Å². The lowest BCUT2D eigenvalue weighted by atomic mass is 10.0. The molecule has 0 spiro atoms. The van der Waals surface area contributed by atoms with Gasteiger partial charge in [0.1, 0.15) is 5.75 Å². The van der Waals surface area contributed by atoms with Crippen LogP contribution in [-0.4, -0.2) is 25.4 Å². The van der Waals surface area contributed by atoms with Gasteiger partial charge >= 0.3 is 0 Å². The predicted octanol–water partition coefficient (Wildman–Crippen LogP) is 2.30. The Morgan fingerprint density at radius 2 is 2.19 bits per heavy atom. The Morgan fingerprint density at radius 1 is 1.50 bits per heavy atom. The average Bonchev–Trinajstić information content (AvgIpc) is 2.25. The molecular weight excluding hydrogens is 226 g/mol. The second-order valence-electron chi connectivity index (χ2n) is 3.64. The van der Waals surface area contributed by atoms with Gasteiger partial charge in [-0.3, -0.25) is 0 Å². The third kappa shape index (κ3) is 2.88. The van der Waals surface area contributed by atoms with Crippen LogP contribution in [0.3, 0.4) is 0 Å². The molecule has 0 fully saturated rings. The van der Waals surface area contributed by atoms with Crippen LogP contribution < -0.4 is 10.1 Å². The number of aliphatic hydroxyl groups excluding tert-OH is 1. The van der Waals surface area contributed by atoms with Crippen molar-refractivity contribution >= 4 is 11.6 Å². The van der Waals surface area contributed by atoms with Crippen molar-refractivity contribution in [2.45, 2.75) is 19.9 Å². The Kier molecular flexibility index (Phi) is 5.06. The summed E-state index contributed by atoms with van der Waals surface area (Å²) in [5.74, 6) is 0.782. The van der Waals surface area contributed by atoms with Gasteiger partial charge in [0.15, 0.2) is 0 Å². The van der Waals surface area contributed by atoms with Gasteiger partial charge in [0, 0.05) is 10.6 Å². The van der Waals surface area contributed by atoms with Gasteiger partial charge in [0.25, 0.3) is 0 Å². The van der Waals surface area contributed by atoms with E-state index in [2.05, 4.69) is 5.32 Å². The third-order valence-corrected chi connectivity index (χ3v) is 2.70. The minimum atomic E-state index is -0.141. The van der Waals surface area contributed by atoms with E-state index in [1.165, 1.54) is 0 Å². The van der Waals surface area contributed by atoms with Crippen LogP contribution in [0.25, 0.3) is 0 Å². The second kappa shape index (κ2) is 6.09. The fraction of sp³-hybridized carbons (Fsp3) is 0.500. The highest BCUT2D eigenvalue weighted by molar-refractivity contribution is 6.30. The number of halogens is 1. The summed E-state index contributed by atoms with van der Waals surface area (Å²) < 4.78 is 5.35. The van der Waals surface area contributed by atoms with Gasteiger partial charge in [0.05, 0.1) is 19.8 Å². The summed E-state index contributed by atoms with van der Waals surface area (Å²) in [6.07, 6.45) is 0. The number of hydrogen-bond donors (Lipinski definition) is 2.